The van der Waals surface area contributed by atoms with Gasteiger partial charge >= 0.3 is 0 Å². The van der Waals surface area contributed by atoms with Gasteiger partial charge < -0.3 is 14.7 Å². The van der Waals surface area contributed by atoms with Crippen LogP contribution < -0.4 is 4.74 Å². The van der Waals surface area contributed by atoms with Crippen LogP contribution in [0.15, 0.2) is 36.7 Å². The second-order valence-corrected chi connectivity index (χ2v) is 7.36. The molecule has 2 heterocycles. The lowest BCUT2D eigenvalue weighted by Gasteiger charge is -2.41. The summed E-state index contributed by atoms with van der Waals surface area (Å²) in [5, 5.41) is 13.8. The Labute approximate surface area is 162 Å². The van der Waals surface area contributed by atoms with Crippen LogP contribution in [0.5, 0.6) is 5.75 Å². The molecule has 0 saturated carbocycles. The lowest BCUT2D eigenvalue weighted by molar-refractivity contribution is 0.0525. The highest BCUT2D eigenvalue weighted by Gasteiger charge is 2.26. The van der Waals surface area contributed by atoms with Crippen LogP contribution in [0.4, 0.5) is 0 Å². The van der Waals surface area contributed by atoms with E-state index in [-0.39, 0.29) is 6.61 Å². The predicted octanol–water partition coefficient (Wildman–Crippen LogP) is 2.16. The third-order valence-corrected chi connectivity index (χ3v) is 5.42. The zero-order chi connectivity index (χ0) is 19.1. The van der Waals surface area contributed by atoms with Gasteiger partial charge in [-0.05, 0) is 43.0 Å². The minimum Gasteiger partial charge on any atom is -0.496 e. The van der Waals surface area contributed by atoms with Crippen molar-refractivity contribution in [3.63, 3.8) is 0 Å². The van der Waals surface area contributed by atoms with E-state index in [2.05, 4.69) is 40.0 Å². The predicted molar refractivity (Wildman–Crippen MR) is 107 cm³/mol. The number of nitrogens with zero attached hydrogens (tertiary/aromatic N) is 4. The third-order valence-electron chi connectivity index (χ3n) is 5.42. The van der Waals surface area contributed by atoms with Gasteiger partial charge in [-0.2, -0.15) is 5.10 Å². The number of methoxy groups -OCH3 is 1. The van der Waals surface area contributed by atoms with Crippen molar-refractivity contribution >= 4 is 0 Å². The van der Waals surface area contributed by atoms with E-state index in [9.17, 15) is 5.11 Å². The van der Waals surface area contributed by atoms with Crippen molar-refractivity contribution in [3.05, 3.63) is 47.8 Å². The molecule has 0 unspecified atom stereocenters. The second-order valence-electron chi connectivity index (χ2n) is 7.36. The molecule has 2 aromatic rings. The maximum Gasteiger partial charge on any atom is 0.121 e. The number of rotatable bonds is 9. The molecule has 0 amide bonds. The highest BCUT2D eigenvalue weighted by Crippen LogP contribution is 2.22. The van der Waals surface area contributed by atoms with Crippen molar-refractivity contribution in [2.75, 3.05) is 39.9 Å². The van der Waals surface area contributed by atoms with Crippen LogP contribution in [-0.4, -0.2) is 70.6 Å². The summed E-state index contributed by atoms with van der Waals surface area (Å²) in [4.78, 5) is 5.04. The highest BCUT2D eigenvalue weighted by atomic mass is 16.5. The van der Waals surface area contributed by atoms with Crippen molar-refractivity contribution in [2.24, 2.45) is 0 Å². The molecule has 0 aliphatic carbocycles. The lowest BCUT2D eigenvalue weighted by Crippen LogP contribution is -2.53. The van der Waals surface area contributed by atoms with Crippen molar-refractivity contribution in [3.8, 4) is 5.75 Å². The van der Waals surface area contributed by atoms with E-state index in [0.717, 1.165) is 57.9 Å². The summed E-state index contributed by atoms with van der Waals surface area (Å²) in [5.41, 5.74) is 2.48. The second kappa shape index (κ2) is 9.88. The SMILES string of the molecule is COc1ccc(CN2CCN(CCCn3cccn3)C[C@@H]2CCO)cc1C. The molecular formula is C21H32N4O2. The number of ether oxygens (including phenoxy) is 1. The molecule has 1 aromatic heterocycles. The number of aromatic nitrogens is 2. The number of aliphatic hydroxyl groups is 1. The van der Waals surface area contributed by atoms with Crippen molar-refractivity contribution in [1.82, 2.24) is 19.6 Å². The number of hydrogen-bond acceptors (Lipinski definition) is 5. The number of aryl methyl sites for hydroxylation is 2. The van der Waals surface area contributed by atoms with Gasteiger partial charge in [-0.3, -0.25) is 9.58 Å². The normalized spacial score (nSPS) is 18.7. The molecule has 1 aromatic carbocycles. The Kier molecular flexibility index (Phi) is 7.26. The van der Waals surface area contributed by atoms with E-state index in [1.807, 2.05) is 23.1 Å². The van der Waals surface area contributed by atoms with Crippen LogP contribution in [0, 0.1) is 6.92 Å². The maximum absolute atomic E-state index is 9.53. The largest absolute Gasteiger partial charge is 0.496 e. The van der Waals surface area contributed by atoms with Crippen molar-refractivity contribution in [2.45, 2.75) is 38.9 Å². The Morgan fingerprint density at radius 3 is 2.85 bits per heavy atom. The quantitative estimate of drug-likeness (QED) is 0.731. The van der Waals surface area contributed by atoms with Crippen LogP contribution in [-0.2, 0) is 13.1 Å². The van der Waals surface area contributed by atoms with Crippen LogP contribution >= 0.6 is 0 Å². The van der Waals surface area contributed by atoms with E-state index >= 15 is 0 Å². The van der Waals surface area contributed by atoms with Crippen LogP contribution in [0.1, 0.15) is 24.0 Å². The fourth-order valence-electron chi connectivity index (χ4n) is 3.95. The molecule has 0 bridgehead atoms. The van der Waals surface area contributed by atoms with Gasteiger partial charge in [-0.25, -0.2) is 0 Å². The van der Waals surface area contributed by atoms with E-state index in [1.165, 1.54) is 11.1 Å². The van der Waals surface area contributed by atoms with Gasteiger partial charge in [0.25, 0.3) is 0 Å². The van der Waals surface area contributed by atoms with Crippen LogP contribution in [0.3, 0.4) is 0 Å². The summed E-state index contributed by atoms with van der Waals surface area (Å²) in [6.07, 6.45) is 5.77. The number of aliphatic hydroxyl groups excluding tert-OH is 1. The first-order valence-electron chi connectivity index (χ1n) is 9.88. The average Bonchev–Trinajstić information content (AvgIpc) is 3.18. The highest BCUT2D eigenvalue weighted by molar-refractivity contribution is 5.36. The summed E-state index contributed by atoms with van der Waals surface area (Å²) < 4.78 is 7.36. The van der Waals surface area contributed by atoms with Gasteiger partial charge in [0.1, 0.15) is 5.75 Å². The molecule has 6 nitrogen and oxygen atoms in total. The summed E-state index contributed by atoms with van der Waals surface area (Å²) in [5.74, 6) is 0.938. The number of hydrogen-bond donors (Lipinski definition) is 1. The summed E-state index contributed by atoms with van der Waals surface area (Å²) in [6, 6.07) is 8.79. The van der Waals surface area contributed by atoms with Gasteiger partial charge in [0.05, 0.1) is 7.11 Å². The van der Waals surface area contributed by atoms with Gasteiger partial charge in [0.15, 0.2) is 0 Å². The van der Waals surface area contributed by atoms with Gasteiger partial charge in [-0.15, -0.1) is 0 Å². The Balaban J connectivity index is 1.53. The minimum absolute atomic E-state index is 0.240. The average molecular weight is 373 g/mol. The smallest absolute Gasteiger partial charge is 0.121 e. The molecule has 148 valence electrons. The topological polar surface area (TPSA) is 53.8 Å². The third kappa shape index (κ3) is 5.54. The van der Waals surface area contributed by atoms with E-state index in [0.29, 0.717) is 6.04 Å². The zero-order valence-corrected chi connectivity index (χ0v) is 16.5. The fourth-order valence-corrected chi connectivity index (χ4v) is 3.95. The summed E-state index contributed by atoms with van der Waals surface area (Å²) in [6.45, 7) is 8.44. The molecular weight excluding hydrogens is 340 g/mol. The standard InChI is InChI=1S/C21H32N4O2/c1-18-15-19(5-6-21(18)27-2)16-24-13-12-23(17-20(24)7-14-26)9-4-11-25-10-3-8-22-25/h3,5-6,8,10,15,20,26H,4,7,9,11-14,16-17H2,1-2H3/t20-/m0/s1. The Morgan fingerprint density at radius 2 is 2.15 bits per heavy atom. The number of benzene rings is 1. The first kappa shape index (κ1) is 19.9. The minimum atomic E-state index is 0.240. The molecule has 1 N–H and O–H groups in total. The summed E-state index contributed by atoms with van der Waals surface area (Å²) in [7, 11) is 1.71. The maximum atomic E-state index is 9.53. The number of piperazine rings is 1. The van der Waals surface area contributed by atoms with Gasteiger partial charge in [0.2, 0.25) is 0 Å². The van der Waals surface area contributed by atoms with E-state index in [4.69, 9.17) is 4.74 Å². The molecule has 1 saturated heterocycles. The molecule has 1 aliphatic rings. The first-order chi connectivity index (χ1) is 13.2. The molecule has 1 aliphatic heterocycles. The van der Waals surface area contributed by atoms with E-state index < -0.39 is 0 Å². The Bertz CT molecular complexity index is 689. The zero-order valence-electron chi connectivity index (χ0n) is 16.5. The van der Waals surface area contributed by atoms with E-state index in [1.54, 1.807) is 7.11 Å². The molecule has 3 rings (SSSR count). The molecule has 0 spiro atoms. The first-order valence-corrected chi connectivity index (χ1v) is 9.88. The van der Waals surface area contributed by atoms with Crippen LogP contribution in [0.25, 0.3) is 0 Å². The van der Waals surface area contributed by atoms with Gasteiger partial charge in [0, 0.05) is 64.3 Å². The molecule has 0 radical (unpaired) electrons. The van der Waals surface area contributed by atoms with Crippen molar-refractivity contribution in [1.29, 1.82) is 0 Å². The Morgan fingerprint density at radius 1 is 1.26 bits per heavy atom. The van der Waals surface area contributed by atoms with Gasteiger partial charge in [-0.1, -0.05) is 12.1 Å². The Hall–Kier alpha value is -1.89. The lowest BCUT2D eigenvalue weighted by atomic mass is 10.1. The summed E-state index contributed by atoms with van der Waals surface area (Å²) >= 11 is 0. The molecule has 6 heteroatoms. The molecule has 27 heavy (non-hydrogen) atoms. The molecule has 1 atom stereocenters. The van der Waals surface area contributed by atoms with Crippen molar-refractivity contribution < 1.29 is 9.84 Å². The monoisotopic (exact) mass is 372 g/mol. The molecule has 1 fully saturated rings. The fraction of sp³-hybridized carbons (Fsp3) is 0.571. The van der Waals surface area contributed by atoms with Crippen LogP contribution in [0.2, 0.25) is 0 Å².